The average Bonchev–Trinajstić information content (AvgIpc) is 2.34. The van der Waals surface area contributed by atoms with Gasteiger partial charge in [0.2, 0.25) is 0 Å². The molecule has 90 valence electrons. The molecule has 1 aromatic heterocycles. The van der Waals surface area contributed by atoms with E-state index in [0.29, 0.717) is 6.04 Å². The van der Waals surface area contributed by atoms with Crippen molar-refractivity contribution in [2.45, 2.75) is 39.2 Å². The molecule has 1 aromatic rings. The molecule has 0 spiro atoms. The highest BCUT2D eigenvalue weighted by Gasteiger charge is 2.14. The van der Waals surface area contributed by atoms with Crippen molar-refractivity contribution in [3.05, 3.63) is 24.0 Å². The number of hydrogen-bond donors (Lipinski definition) is 1. The van der Waals surface area contributed by atoms with Crippen LogP contribution in [0.15, 0.2) is 18.5 Å². The molecule has 0 saturated heterocycles. The van der Waals surface area contributed by atoms with Crippen molar-refractivity contribution in [3.63, 3.8) is 0 Å². The third kappa shape index (κ3) is 3.49. The molecule has 1 N–H and O–H groups in total. The van der Waals surface area contributed by atoms with Gasteiger partial charge in [0.15, 0.2) is 0 Å². The van der Waals surface area contributed by atoms with Gasteiger partial charge in [0.25, 0.3) is 0 Å². The Morgan fingerprint density at radius 3 is 2.81 bits per heavy atom. The first-order valence-electron chi connectivity index (χ1n) is 6.04. The SMILES string of the molecule is CCCNC(CCC)c1ccncc1OC. The third-order valence-electron chi connectivity index (χ3n) is 2.63. The van der Waals surface area contributed by atoms with Crippen LogP contribution in [0.1, 0.15) is 44.7 Å². The predicted octanol–water partition coefficient (Wildman–Crippen LogP) is 2.93. The van der Waals surface area contributed by atoms with Crippen LogP contribution in [0.5, 0.6) is 5.75 Å². The fourth-order valence-electron chi connectivity index (χ4n) is 1.82. The molecule has 0 aliphatic carbocycles. The van der Waals surface area contributed by atoms with Crippen LogP contribution in [-0.2, 0) is 0 Å². The maximum Gasteiger partial charge on any atom is 0.141 e. The van der Waals surface area contributed by atoms with E-state index in [1.807, 2.05) is 12.3 Å². The first kappa shape index (κ1) is 13.0. The molecule has 0 aromatic carbocycles. The minimum absolute atomic E-state index is 0.378. The summed E-state index contributed by atoms with van der Waals surface area (Å²) in [6.07, 6.45) is 7.04. The van der Waals surface area contributed by atoms with Gasteiger partial charge in [-0.15, -0.1) is 0 Å². The number of rotatable bonds is 7. The highest BCUT2D eigenvalue weighted by atomic mass is 16.5. The fraction of sp³-hybridized carbons (Fsp3) is 0.615. The molecular formula is C13H22N2O. The van der Waals surface area contributed by atoms with Gasteiger partial charge in [0.1, 0.15) is 5.75 Å². The quantitative estimate of drug-likeness (QED) is 0.770. The van der Waals surface area contributed by atoms with Crippen LogP contribution in [-0.4, -0.2) is 18.6 Å². The van der Waals surface area contributed by atoms with Crippen LogP contribution < -0.4 is 10.1 Å². The zero-order valence-electron chi connectivity index (χ0n) is 10.5. The maximum atomic E-state index is 5.35. The second-order valence-corrected chi connectivity index (χ2v) is 3.91. The number of hydrogen-bond acceptors (Lipinski definition) is 3. The van der Waals surface area contributed by atoms with E-state index in [9.17, 15) is 0 Å². The van der Waals surface area contributed by atoms with Gasteiger partial charge in [-0.25, -0.2) is 0 Å². The van der Waals surface area contributed by atoms with Crippen LogP contribution >= 0.6 is 0 Å². The number of ether oxygens (including phenoxy) is 1. The summed E-state index contributed by atoms with van der Waals surface area (Å²) >= 11 is 0. The number of pyridine rings is 1. The molecule has 1 heterocycles. The Morgan fingerprint density at radius 2 is 2.19 bits per heavy atom. The Balaban J connectivity index is 2.81. The molecule has 0 saturated carbocycles. The number of nitrogens with zero attached hydrogens (tertiary/aromatic N) is 1. The molecule has 1 rings (SSSR count). The van der Waals surface area contributed by atoms with Crippen LogP contribution in [0.3, 0.4) is 0 Å². The van der Waals surface area contributed by atoms with E-state index in [4.69, 9.17) is 4.74 Å². The van der Waals surface area contributed by atoms with Gasteiger partial charge in [-0.1, -0.05) is 20.3 Å². The van der Waals surface area contributed by atoms with Crippen LogP contribution in [0.4, 0.5) is 0 Å². The summed E-state index contributed by atoms with van der Waals surface area (Å²) in [6.45, 7) is 5.42. The minimum Gasteiger partial charge on any atom is -0.495 e. The predicted molar refractivity (Wildman–Crippen MR) is 66.7 cm³/mol. The topological polar surface area (TPSA) is 34.2 Å². The monoisotopic (exact) mass is 222 g/mol. The molecule has 0 radical (unpaired) electrons. The smallest absolute Gasteiger partial charge is 0.141 e. The van der Waals surface area contributed by atoms with Crippen molar-refractivity contribution in [3.8, 4) is 5.75 Å². The van der Waals surface area contributed by atoms with E-state index in [1.54, 1.807) is 13.3 Å². The first-order valence-corrected chi connectivity index (χ1v) is 6.04. The number of aromatic nitrogens is 1. The zero-order valence-corrected chi connectivity index (χ0v) is 10.5. The third-order valence-corrected chi connectivity index (χ3v) is 2.63. The van der Waals surface area contributed by atoms with Crippen LogP contribution in [0.2, 0.25) is 0 Å². The van der Waals surface area contributed by atoms with Gasteiger partial charge in [-0.05, 0) is 25.5 Å². The lowest BCUT2D eigenvalue weighted by atomic mass is 10.0. The second-order valence-electron chi connectivity index (χ2n) is 3.91. The molecule has 0 amide bonds. The summed E-state index contributed by atoms with van der Waals surface area (Å²) in [7, 11) is 1.70. The van der Waals surface area contributed by atoms with Gasteiger partial charge in [0, 0.05) is 17.8 Å². The van der Waals surface area contributed by atoms with E-state index >= 15 is 0 Å². The summed E-state index contributed by atoms with van der Waals surface area (Å²) in [6, 6.07) is 2.42. The lowest BCUT2D eigenvalue weighted by Gasteiger charge is -2.20. The maximum absolute atomic E-state index is 5.35. The molecule has 1 unspecified atom stereocenters. The minimum atomic E-state index is 0.378. The molecule has 3 heteroatoms. The standard InChI is InChI=1S/C13H22N2O/c1-4-6-12(15-8-5-2)11-7-9-14-10-13(11)16-3/h7,9-10,12,15H,4-6,8H2,1-3H3. The van der Waals surface area contributed by atoms with E-state index in [2.05, 4.69) is 24.1 Å². The van der Waals surface area contributed by atoms with Crippen molar-refractivity contribution >= 4 is 0 Å². The van der Waals surface area contributed by atoms with Gasteiger partial charge < -0.3 is 10.1 Å². The Hall–Kier alpha value is -1.09. The Bertz CT molecular complexity index is 302. The van der Waals surface area contributed by atoms with Gasteiger partial charge in [0.05, 0.1) is 13.3 Å². The van der Waals surface area contributed by atoms with E-state index in [1.165, 1.54) is 5.56 Å². The van der Waals surface area contributed by atoms with Crippen molar-refractivity contribution < 1.29 is 4.74 Å². The fourth-order valence-corrected chi connectivity index (χ4v) is 1.82. The number of methoxy groups -OCH3 is 1. The van der Waals surface area contributed by atoms with E-state index in [-0.39, 0.29) is 0 Å². The molecule has 0 bridgehead atoms. The molecule has 1 atom stereocenters. The lowest BCUT2D eigenvalue weighted by Crippen LogP contribution is -2.22. The molecule has 16 heavy (non-hydrogen) atoms. The lowest BCUT2D eigenvalue weighted by molar-refractivity contribution is 0.392. The van der Waals surface area contributed by atoms with Crippen LogP contribution in [0, 0.1) is 0 Å². The van der Waals surface area contributed by atoms with Gasteiger partial charge in [-0.2, -0.15) is 0 Å². The summed E-state index contributed by atoms with van der Waals surface area (Å²) in [4.78, 5) is 4.09. The summed E-state index contributed by atoms with van der Waals surface area (Å²) < 4.78 is 5.35. The second kappa shape index (κ2) is 7.23. The molecule has 0 aliphatic heterocycles. The van der Waals surface area contributed by atoms with Gasteiger partial charge >= 0.3 is 0 Å². The van der Waals surface area contributed by atoms with E-state index in [0.717, 1.165) is 31.6 Å². The number of nitrogens with one attached hydrogen (secondary N) is 1. The highest BCUT2D eigenvalue weighted by Crippen LogP contribution is 2.26. The summed E-state index contributed by atoms with van der Waals surface area (Å²) in [5, 5.41) is 3.55. The molecular weight excluding hydrogens is 200 g/mol. The molecule has 3 nitrogen and oxygen atoms in total. The van der Waals surface area contributed by atoms with Crippen molar-refractivity contribution in [1.82, 2.24) is 10.3 Å². The first-order chi connectivity index (χ1) is 7.83. The van der Waals surface area contributed by atoms with Gasteiger partial charge in [-0.3, -0.25) is 4.98 Å². The Morgan fingerprint density at radius 1 is 1.38 bits per heavy atom. The average molecular weight is 222 g/mol. The Kier molecular flexibility index (Phi) is 5.86. The Labute approximate surface area is 98.2 Å². The van der Waals surface area contributed by atoms with Crippen molar-refractivity contribution in [2.75, 3.05) is 13.7 Å². The van der Waals surface area contributed by atoms with E-state index < -0.39 is 0 Å². The van der Waals surface area contributed by atoms with Crippen LogP contribution in [0.25, 0.3) is 0 Å². The molecule has 0 aliphatic rings. The highest BCUT2D eigenvalue weighted by molar-refractivity contribution is 5.32. The zero-order chi connectivity index (χ0) is 11.8. The molecule has 0 fully saturated rings. The summed E-state index contributed by atoms with van der Waals surface area (Å²) in [5.41, 5.74) is 1.22. The normalized spacial score (nSPS) is 12.4. The summed E-state index contributed by atoms with van der Waals surface area (Å²) in [5.74, 6) is 0.879. The van der Waals surface area contributed by atoms with Crippen molar-refractivity contribution in [2.24, 2.45) is 0 Å². The van der Waals surface area contributed by atoms with Crippen molar-refractivity contribution in [1.29, 1.82) is 0 Å². The largest absolute Gasteiger partial charge is 0.495 e.